The molecule has 0 radical (unpaired) electrons. The van der Waals surface area contributed by atoms with E-state index in [9.17, 15) is 0 Å². The van der Waals surface area contributed by atoms with Crippen LogP contribution in [0.1, 0.15) is 49.9 Å². The van der Waals surface area contributed by atoms with Gasteiger partial charge in [0.05, 0.1) is 44.5 Å². The van der Waals surface area contributed by atoms with Crippen LogP contribution in [-0.2, 0) is 10.8 Å². The molecule has 0 atom stereocenters. The molecule has 0 N–H and O–H groups in total. The fraction of sp³-hybridized carbons (Fsp3) is 0.0462. The van der Waals surface area contributed by atoms with Crippen molar-refractivity contribution in [2.24, 2.45) is 0 Å². The van der Waals surface area contributed by atoms with Gasteiger partial charge < -0.3 is 36.3 Å². The summed E-state index contributed by atoms with van der Waals surface area (Å²) in [6, 6.07) is 151. The number of benzene rings is 22. The van der Waals surface area contributed by atoms with Gasteiger partial charge in [-0.25, -0.2) is 0 Å². The van der Waals surface area contributed by atoms with Crippen molar-refractivity contribution >= 4 is 241 Å². The summed E-state index contributed by atoms with van der Waals surface area (Å²) in [5, 5.41) is 28.3. The van der Waals surface area contributed by atoms with Crippen LogP contribution in [0.5, 0.6) is 0 Å². The van der Waals surface area contributed by atoms with E-state index in [1.165, 1.54) is 159 Å². The molecule has 0 aliphatic heterocycles. The molecule has 0 saturated heterocycles. The third-order valence-electron chi connectivity index (χ3n) is 31.2. The molecule has 2 aliphatic rings. The molecule has 0 spiro atoms. The standard InChI is InChI=1S/C68H39N3O3.C62H41NO/c1-3-15-44(16-4-1)69(56-24-13-22-50-48-19-7-10-26-60(48)73-67(50)56)46-31-29-40-35-53-54-39-63-64(52-21-9-12-28-62(52)72-63)65-55-36-41-30-32-47(34-43(41)38-59(55)71(66(54)65)58(53)37-42(40)33-46)70(45-17-5-2-6-18-45)57-25-14-23-51-49-20-8-11-27-61(49)74-68(51)57;1-61(2)50-14-8-5-11-42(50)44-23-21-38(29-52(44)61)34-17-19-36-27-47-48-33-57-58(46-13-7-10-16-56(46)64-57)59-49-28-37-20-18-35(26-41(37)32-55(49)63(60(48)59)54(47)31-40(36)25-34)39-22-24-45-43-12-6-9-15-51(43)62(3,4)53(45)30-39/h1-39H;5-33H,1-4H3. The van der Waals surface area contributed by atoms with Crippen LogP contribution in [0.4, 0.5) is 34.1 Å². The quantitative estimate of drug-likeness (QED) is 0.151. The summed E-state index contributed by atoms with van der Waals surface area (Å²) in [7, 11) is 0. The van der Waals surface area contributed by atoms with Gasteiger partial charge in [-0.1, -0.05) is 270 Å². The number of furan rings is 4. The van der Waals surface area contributed by atoms with Gasteiger partial charge >= 0.3 is 0 Å². The molecule has 8 heteroatoms. The van der Waals surface area contributed by atoms with Crippen LogP contribution < -0.4 is 9.80 Å². The lowest BCUT2D eigenvalue weighted by atomic mass is 9.81. The van der Waals surface area contributed by atoms with Crippen molar-refractivity contribution in [2.45, 2.75) is 38.5 Å². The summed E-state index contributed by atoms with van der Waals surface area (Å²) in [5.74, 6) is 0. The maximum Gasteiger partial charge on any atom is 0.159 e. The molecular formula is C130H80N4O4. The van der Waals surface area contributed by atoms with Crippen LogP contribution in [0, 0.1) is 0 Å². The Balaban J connectivity index is 0.000000129. The first kappa shape index (κ1) is 75.8. The van der Waals surface area contributed by atoms with E-state index in [4.69, 9.17) is 17.7 Å². The van der Waals surface area contributed by atoms with Gasteiger partial charge in [0.15, 0.2) is 11.2 Å². The van der Waals surface area contributed by atoms with Gasteiger partial charge in [-0.3, -0.25) is 0 Å². The van der Waals surface area contributed by atoms with Crippen LogP contribution in [0.15, 0.2) is 430 Å². The maximum atomic E-state index is 6.75. The fourth-order valence-corrected chi connectivity index (χ4v) is 24.8. The number of anilines is 6. The molecular weight excluding hydrogens is 1680 g/mol. The van der Waals surface area contributed by atoms with Gasteiger partial charge in [-0.05, 0) is 280 Å². The van der Waals surface area contributed by atoms with Gasteiger partial charge in [-0.2, -0.15) is 0 Å². The highest BCUT2D eigenvalue weighted by molar-refractivity contribution is 6.38. The smallest absolute Gasteiger partial charge is 0.159 e. The second-order valence-corrected chi connectivity index (χ2v) is 39.3. The van der Waals surface area contributed by atoms with E-state index in [1.54, 1.807) is 0 Å². The van der Waals surface area contributed by atoms with Crippen LogP contribution in [0.3, 0.4) is 0 Å². The Labute approximate surface area is 789 Å². The van der Waals surface area contributed by atoms with E-state index < -0.39 is 0 Å². The number of hydrogen-bond donors (Lipinski definition) is 0. The molecule has 32 rings (SSSR count). The number of fused-ring (bicyclic) bond motifs is 36. The van der Waals surface area contributed by atoms with E-state index >= 15 is 0 Å². The van der Waals surface area contributed by atoms with Crippen molar-refractivity contribution in [1.29, 1.82) is 0 Å². The number of rotatable bonds is 8. The summed E-state index contributed by atoms with van der Waals surface area (Å²) in [4.78, 5) is 4.65. The molecule has 0 amide bonds. The zero-order valence-corrected chi connectivity index (χ0v) is 75.7. The molecule has 644 valence electrons. The SMILES string of the molecule is CC1(C)c2ccccc2-c2ccc(-c3ccc4cc5c6cc7oc8ccccc8c7c7c8cc9ccc(-c%10ccc%11c(c%10)C(C)(C)c%10ccccc%10-%11)cc9cc8n(c5cc4c3)c67)cc21.c1ccc(N(c2ccc3cc4c5cc6oc7ccccc7c6c6c7cc8ccc(N(c9ccccc9)c9cccc%10c9oc9ccccc9%10)cc8cc7n(c4cc3c2)c56)c2cccc3c2oc2ccccc23)cc1. The molecule has 138 heavy (non-hydrogen) atoms. The van der Waals surface area contributed by atoms with Gasteiger partial charge in [0.25, 0.3) is 0 Å². The minimum atomic E-state index is -0.0512. The second-order valence-electron chi connectivity index (χ2n) is 39.3. The van der Waals surface area contributed by atoms with E-state index in [0.29, 0.717) is 0 Å². The fourth-order valence-electron chi connectivity index (χ4n) is 24.8. The Kier molecular flexibility index (Phi) is 15.1. The zero-order valence-electron chi connectivity index (χ0n) is 75.7. The van der Waals surface area contributed by atoms with Crippen LogP contribution in [-0.4, -0.2) is 8.80 Å². The van der Waals surface area contributed by atoms with Crippen molar-refractivity contribution in [2.75, 3.05) is 9.80 Å². The number of hydrogen-bond acceptors (Lipinski definition) is 6. The third kappa shape index (κ3) is 10.5. The highest BCUT2D eigenvalue weighted by Gasteiger charge is 2.38. The predicted octanol–water partition coefficient (Wildman–Crippen LogP) is 36.8. The lowest BCUT2D eigenvalue weighted by Gasteiger charge is -2.26. The summed E-state index contributed by atoms with van der Waals surface area (Å²) >= 11 is 0. The third-order valence-corrected chi connectivity index (χ3v) is 31.2. The normalized spacial score (nSPS) is 13.5. The topological polar surface area (TPSA) is 67.9 Å². The molecule has 22 aromatic carbocycles. The molecule has 0 fully saturated rings. The molecule has 0 unspecified atom stereocenters. The maximum absolute atomic E-state index is 6.75. The molecule has 8 aromatic heterocycles. The average molecular weight is 1760 g/mol. The Morgan fingerprint density at radius 3 is 0.964 bits per heavy atom. The van der Waals surface area contributed by atoms with E-state index in [2.05, 4.69) is 435 Å². The first-order valence-corrected chi connectivity index (χ1v) is 47.8. The Bertz CT molecular complexity index is 10600. The van der Waals surface area contributed by atoms with Crippen molar-refractivity contribution < 1.29 is 17.7 Å². The summed E-state index contributed by atoms with van der Waals surface area (Å²) in [6.07, 6.45) is 0. The van der Waals surface area contributed by atoms with Crippen molar-refractivity contribution in [3.8, 4) is 44.5 Å². The van der Waals surface area contributed by atoms with E-state index in [1.807, 2.05) is 24.3 Å². The largest absolute Gasteiger partial charge is 0.456 e. The molecule has 8 nitrogen and oxygen atoms in total. The minimum absolute atomic E-state index is 0.0493. The zero-order chi connectivity index (χ0) is 90.6. The highest BCUT2D eigenvalue weighted by Crippen LogP contribution is 2.57. The average Bonchev–Trinajstić information content (AvgIpc) is 1.52. The van der Waals surface area contributed by atoms with Crippen molar-refractivity contribution in [3.05, 3.63) is 435 Å². The van der Waals surface area contributed by atoms with Gasteiger partial charge in [0, 0.05) is 120 Å². The number of nitrogens with zero attached hydrogens (tertiary/aromatic N) is 4. The monoisotopic (exact) mass is 1760 g/mol. The summed E-state index contributed by atoms with van der Waals surface area (Å²) in [6.45, 7) is 9.45. The lowest BCUT2D eigenvalue weighted by Crippen LogP contribution is -2.14. The van der Waals surface area contributed by atoms with Gasteiger partial charge in [0.1, 0.15) is 33.5 Å². The molecule has 0 saturated carbocycles. The molecule has 30 aromatic rings. The number of aromatic nitrogens is 2. The Hall–Kier alpha value is -17.7. The summed E-state index contributed by atoms with van der Waals surface area (Å²) < 4.78 is 31.9. The predicted molar refractivity (Wildman–Crippen MR) is 577 cm³/mol. The second kappa shape index (κ2) is 27.5. The minimum Gasteiger partial charge on any atom is -0.456 e. The van der Waals surface area contributed by atoms with Crippen LogP contribution >= 0.6 is 0 Å². The first-order chi connectivity index (χ1) is 67.9. The van der Waals surface area contributed by atoms with Crippen LogP contribution in [0.2, 0.25) is 0 Å². The van der Waals surface area contributed by atoms with Crippen molar-refractivity contribution in [3.63, 3.8) is 0 Å². The molecule has 0 bridgehead atoms. The highest BCUT2D eigenvalue weighted by atomic mass is 16.3. The Morgan fingerprint density at radius 2 is 0.529 bits per heavy atom. The molecule has 8 heterocycles. The molecule has 2 aliphatic carbocycles. The lowest BCUT2D eigenvalue weighted by molar-refractivity contribution is 0.660. The van der Waals surface area contributed by atoms with E-state index in [-0.39, 0.29) is 10.8 Å². The Morgan fingerprint density at radius 1 is 0.196 bits per heavy atom. The number of para-hydroxylation sites is 8. The van der Waals surface area contributed by atoms with Gasteiger partial charge in [-0.15, -0.1) is 0 Å². The summed E-state index contributed by atoms with van der Waals surface area (Å²) in [5.41, 5.74) is 36.3. The van der Waals surface area contributed by atoms with E-state index in [0.717, 1.165) is 149 Å². The van der Waals surface area contributed by atoms with Gasteiger partial charge in [0.2, 0.25) is 0 Å². The van der Waals surface area contributed by atoms with Crippen molar-refractivity contribution in [1.82, 2.24) is 8.80 Å². The van der Waals surface area contributed by atoms with Crippen LogP contribution in [0.25, 0.3) is 252 Å². The first-order valence-electron chi connectivity index (χ1n) is 47.8.